The lowest BCUT2D eigenvalue weighted by molar-refractivity contribution is -0.121. The van der Waals surface area contributed by atoms with Crippen LogP contribution in [0.5, 0.6) is 0 Å². The molecular formula is C22H25FN2O2. The molecule has 0 unspecified atom stereocenters. The number of methoxy groups -OCH3 is 1. The number of carbonyl (C=O) groups is 1. The first-order chi connectivity index (χ1) is 13.2. The lowest BCUT2D eigenvalue weighted by Gasteiger charge is -2.18. The van der Waals surface area contributed by atoms with E-state index < -0.39 is 0 Å². The smallest absolute Gasteiger partial charge is 0.221 e. The summed E-state index contributed by atoms with van der Waals surface area (Å²) in [5.74, 6) is -0.788. The van der Waals surface area contributed by atoms with Crippen LogP contribution in [0.25, 0.3) is 10.9 Å². The van der Waals surface area contributed by atoms with Crippen molar-refractivity contribution in [2.24, 2.45) is 0 Å². The molecule has 3 rings (SSSR count). The van der Waals surface area contributed by atoms with E-state index in [4.69, 9.17) is 4.74 Å². The van der Waals surface area contributed by atoms with Crippen LogP contribution < -0.4 is 5.32 Å². The third-order valence-electron chi connectivity index (χ3n) is 4.89. The molecule has 0 aliphatic heterocycles. The fourth-order valence-corrected chi connectivity index (χ4v) is 3.52. The van der Waals surface area contributed by atoms with Crippen molar-refractivity contribution in [1.29, 1.82) is 0 Å². The highest BCUT2D eigenvalue weighted by Crippen LogP contribution is 2.35. The van der Waals surface area contributed by atoms with Gasteiger partial charge >= 0.3 is 0 Å². The van der Waals surface area contributed by atoms with E-state index in [-0.39, 0.29) is 24.1 Å². The molecule has 0 spiro atoms. The van der Waals surface area contributed by atoms with Crippen LogP contribution in [0.1, 0.15) is 36.0 Å². The second-order valence-electron chi connectivity index (χ2n) is 6.56. The first-order valence-electron chi connectivity index (χ1n) is 9.24. The summed E-state index contributed by atoms with van der Waals surface area (Å²) >= 11 is 0. The Morgan fingerprint density at radius 3 is 2.74 bits per heavy atom. The molecule has 27 heavy (non-hydrogen) atoms. The fraction of sp³-hybridized carbons (Fsp3) is 0.318. The van der Waals surface area contributed by atoms with Gasteiger partial charge in [0.15, 0.2) is 0 Å². The van der Waals surface area contributed by atoms with Crippen molar-refractivity contribution in [3.05, 3.63) is 71.2 Å². The van der Waals surface area contributed by atoms with Crippen LogP contribution in [0.15, 0.2) is 48.7 Å². The zero-order chi connectivity index (χ0) is 19.2. The van der Waals surface area contributed by atoms with Crippen LogP contribution in [-0.4, -0.2) is 31.2 Å². The predicted molar refractivity (Wildman–Crippen MR) is 105 cm³/mol. The van der Waals surface area contributed by atoms with Crippen molar-refractivity contribution in [1.82, 2.24) is 10.3 Å². The molecule has 2 aromatic carbocycles. The molecule has 4 nitrogen and oxygen atoms in total. The Hall–Kier alpha value is -2.66. The minimum absolute atomic E-state index is 0.124. The molecule has 5 heteroatoms. The SMILES string of the molecule is CCc1cccc2c([C@@H](CC(=O)NCCOC)c3ccccc3F)c[nH]c12. The fourth-order valence-electron chi connectivity index (χ4n) is 3.52. The van der Waals surface area contributed by atoms with E-state index in [1.165, 1.54) is 11.6 Å². The molecule has 2 N–H and O–H groups in total. The third kappa shape index (κ3) is 4.19. The Labute approximate surface area is 158 Å². The lowest BCUT2D eigenvalue weighted by atomic mass is 9.87. The number of nitrogens with one attached hydrogen (secondary N) is 2. The molecule has 0 saturated heterocycles. The molecule has 0 aliphatic rings. The van der Waals surface area contributed by atoms with Crippen molar-refractivity contribution >= 4 is 16.8 Å². The Morgan fingerprint density at radius 1 is 1.19 bits per heavy atom. The van der Waals surface area contributed by atoms with Gasteiger partial charge in [-0.3, -0.25) is 4.79 Å². The van der Waals surface area contributed by atoms with E-state index in [0.29, 0.717) is 18.7 Å². The maximum Gasteiger partial charge on any atom is 0.221 e. The highest BCUT2D eigenvalue weighted by atomic mass is 19.1. The van der Waals surface area contributed by atoms with Crippen LogP contribution >= 0.6 is 0 Å². The molecule has 142 valence electrons. The Bertz CT molecular complexity index is 920. The summed E-state index contributed by atoms with van der Waals surface area (Å²) in [6.45, 7) is 2.99. The molecule has 3 aromatic rings. The average Bonchev–Trinajstić information content (AvgIpc) is 3.11. The number of ether oxygens (including phenoxy) is 1. The van der Waals surface area contributed by atoms with E-state index in [1.54, 1.807) is 25.3 Å². The number of aromatic nitrogens is 1. The van der Waals surface area contributed by atoms with Gasteiger partial charge in [0.1, 0.15) is 5.82 Å². The van der Waals surface area contributed by atoms with Crippen LogP contribution in [0.4, 0.5) is 4.39 Å². The number of halogens is 1. The molecule has 1 aromatic heterocycles. The maximum absolute atomic E-state index is 14.6. The molecular weight excluding hydrogens is 343 g/mol. The summed E-state index contributed by atoms with van der Waals surface area (Å²) in [6.07, 6.45) is 2.98. The summed E-state index contributed by atoms with van der Waals surface area (Å²) in [6, 6.07) is 12.8. The molecule has 0 aliphatic carbocycles. The van der Waals surface area contributed by atoms with E-state index >= 15 is 0 Å². The van der Waals surface area contributed by atoms with Gasteiger partial charge in [-0.2, -0.15) is 0 Å². The third-order valence-corrected chi connectivity index (χ3v) is 4.89. The van der Waals surface area contributed by atoms with E-state index in [0.717, 1.165) is 22.9 Å². The van der Waals surface area contributed by atoms with Gasteiger partial charge in [-0.25, -0.2) is 4.39 Å². The van der Waals surface area contributed by atoms with Gasteiger partial charge in [-0.05, 0) is 29.2 Å². The van der Waals surface area contributed by atoms with Crippen molar-refractivity contribution in [3.8, 4) is 0 Å². The normalized spacial score (nSPS) is 12.3. The van der Waals surface area contributed by atoms with Gasteiger partial charge in [0.2, 0.25) is 5.91 Å². The standard InChI is InChI=1S/C22H25FN2O2/c1-3-15-7-6-9-17-19(14-25-22(15)17)18(13-21(26)24-11-12-27-2)16-8-4-5-10-20(16)23/h4-10,14,18,25H,3,11-13H2,1-2H3,(H,24,26)/t18-/m0/s1. The van der Waals surface area contributed by atoms with Crippen molar-refractivity contribution in [2.75, 3.05) is 20.3 Å². The second kappa shape index (κ2) is 8.82. The Morgan fingerprint density at radius 2 is 2.00 bits per heavy atom. The van der Waals surface area contributed by atoms with E-state index in [2.05, 4.69) is 23.3 Å². The molecule has 1 amide bonds. The lowest BCUT2D eigenvalue weighted by Crippen LogP contribution is -2.28. The minimum Gasteiger partial charge on any atom is -0.383 e. The van der Waals surface area contributed by atoms with Gasteiger partial charge in [-0.15, -0.1) is 0 Å². The topological polar surface area (TPSA) is 54.1 Å². The molecule has 0 radical (unpaired) electrons. The van der Waals surface area contributed by atoms with Crippen molar-refractivity contribution < 1.29 is 13.9 Å². The van der Waals surface area contributed by atoms with Gasteiger partial charge in [-0.1, -0.05) is 43.3 Å². The molecule has 1 heterocycles. The van der Waals surface area contributed by atoms with Crippen molar-refractivity contribution in [3.63, 3.8) is 0 Å². The van der Waals surface area contributed by atoms with Crippen molar-refractivity contribution in [2.45, 2.75) is 25.7 Å². The monoisotopic (exact) mass is 368 g/mol. The summed E-state index contributed by atoms with van der Waals surface area (Å²) in [5, 5.41) is 3.87. The van der Waals surface area contributed by atoms with Crippen LogP contribution in [0.2, 0.25) is 0 Å². The summed E-state index contributed by atoms with van der Waals surface area (Å²) in [4.78, 5) is 15.8. The molecule has 0 saturated carbocycles. The highest BCUT2D eigenvalue weighted by Gasteiger charge is 2.24. The summed E-state index contributed by atoms with van der Waals surface area (Å²) in [7, 11) is 1.59. The summed E-state index contributed by atoms with van der Waals surface area (Å²) in [5.41, 5.74) is 3.72. The summed E-state index contributed by atoms with van der Waals surface area (Å²) < 4.78 is 19.5. The maximum atomic E-state index is 14.6. The first-order valence-corrected chi connectivity index (χ1v) is 9.24. The molecule has 0 fully saturated rings. The largest absolute Gasteiger partial charge is 0.383 e. The van der Waals surface area contributed by atoms with Crippen LogP contribution in [0.3, 0.4) is 0 Å². The number of carbonyl (C=O) groups excluding carboxylic acids is 1. The van der Waals surface area contributed by atoms with Gasteiger partial charge < -0.3 is 15.0 Å². The zero-order valence-corrected chi connectivity index (χ0v) is 15.7. The predicted octanol–water partition coefficient (Wildman–Crippen LogP) is 4.15. The van der Waals surface area contributed by atoms with Gasteiger partial charge in [0.25, 0.3) is 0 Å². The number of hydrogen-bond acceptors (Lipinski definition) is 2. The Balaban J connectivity index is 2.00. The highest BCUT2D eigenvalue weighted by molar-refractivity contribution is 5.88. The van der Waals surface area contributed by atoms with E-state index in [9.17, 15) is 9.18 Å². The van der Waals surface area contributed by atoms with Gasteiger partial charge in [0, 0.05) is 43.1 Å². The van der Waals surface area contributed by atoms with E-state index in [1.807, 2.05) is 18.3 Å². The number of fused-ring (bicyclic) bond motifs is 1. The molecule has 0 bridgehead atoms. The number of benzene rings is 2. The van der Waals surface area contributed by atoms with Gasteiger partial charge in [0.05, 0.1) is 6.61 Å². The number of amides is 1. The quantitative estimate of drug-likeness (QED) is 0.587. The number of hydrogen-bond donors (Lipinski definition) is 2. The zero-order valence-electron chi connectivity index (χ0n) is 15.7. The number of aryl methyl sites for hydroxylation is 1. The second-order valence-corrected chi connectivity index (χ2v) is 6.56. The van der Waals surface area contributed by atoms with Crippen LogP contribution in [-0.2, 0) is 16.0 Å². The Kier molecular flexibility index (Phi) is 6.24. The minimum atomic E-state index is -0.366. The number of rotatable bonds is 8. The average molecular weight is 368 g/mol. The molecule has 1 atom stereocenters. The number of aromatic amines is 1. The van der Waals surface area contributed by atoms with Crippen LogP contribution in [0, 0.1) is 5.82 Å². The first kappa shape index (κ1) is 19.1. The number of para-hydroxylation sites is 1. The number of H-pyrrole nitrogens is 1.